The largest absolute Gasteiger partial charge is 0.493 e. The summed E-state index contributed by atoms with van der Waals surface area (Å²) in [6.45, 7) is 1.61. The third kappa shape index (κ3) is 3.75. The topological polar surface area (TPSA) is 60.5 Å². The van der Waals surface area contributed by atoms with E-state index in [-0.39, 0.29) is 15.4 Å². The van der Waals surface area contributed by atoms with E-state index in [1.54, 1.807) is 25.1 Å². The van der Waals surface area contributed by atoms with E-state index in [2.05, 4.69) is 10.3 Å². The second-order valence-corrected chi connectivity index (χ2v) is 6.55. The van der Waals surface area contributed by atoms with Crippen LogP contribution in [0, 0.1) is 18.6 Å². The first-order valence-corrected chi connectivity index (χ1v) is 8.71. The van der Waals surface area contributed by atoms with Crippen LogP contribution in [0.4, 0.5) is 14.5 Å². The van der Waals surface area contributed by atoms with Crippen LogP contribution in [-0.2, 0) is 0 Å². The Morgan fingerprint density at radius 3 is 2.37 bits per heavy atom. The number of methoxy groups -OCH3 is 2. The van der Waals surface area contributed by atoms with E-state index in [1.807, 2.05) is 0 Å². The summed E-state index contributed by atoms with van der Waals surface area (Å²) in [5.41, 5.74) is 0.635. The maximum atomic E-state index is 14.0. The number of thiazole rings is 1. The number of aryl methyl sites for hydroxylation is 1. The molecule has 3 rings (SSSR count). The van der Waals surface area contributed by atoms with Gasteiger partial charge in [0.05, 0.1) is 25.5 Å². The molecule has 1 heterocycles. The lowest BCUT2D eigenvalue weighted by atomic mass is 10.2. The fourth-order valence-electron chi connectivity index (χ4n) is 2.52. The quantitative estimate of drug-likeness (QED) is 0.688. The van der Waals surface area contributed by atoms with Gasteiger partial charge in [0.15, 0.2) is 11.5 Å². The summed E-state index contributed by atoms with van der Waals surface area (Å²) in [5, 5.41) is 2.84. The van der Waals surface area contributed by atoms with Crippen LogP contribution in [0.2, 0.25) is 0 Å². The Bertz CT molecular complexity index is 984. The molecule has 27 heavy (non-hydrogen) atoms. The Kier molecular flexibility index (Phi) is 5.36. The number of rotatable bonds is 5. The van der Waals surface area contributed by atoms with E-state index in [1.165, 1.54) is 20.3 Å². The molecule has 0 aliphatic carbocycles. The van der Waals surface area contributed by atoms with Crippen LogP contribution < -0.4 is 14.8 Å². The van der Waals surface area contributed by atoms with Gasteiger partial charge in [0, 0.05) is 11.8 Å². The predicted octanol–water partition coefficient (Wildman–Crippen LogP) is 4.67. The number of ether oxygens (including phenoxy) is 2. The Morgan fingerprint density at radius 1 is 1.07 bits per heavy atom. The van der Waals surface area contributed by atoms with Gasteiger partial charge < -0.3 is 14.8 Å². The standard InChI is InChI=1S/C19H16F2N2O3S/c1-10-17(27-19(22-10)16-12(20)5-4-6-13(16)21)18(24)23-11-7-8-14(25-2)15(9-11)26-3/h4-9H,1-3H3,(H,23,24). The second kappa shape index (κ2) is 7.71. The number of hydrogen-bond donors (Lipinski definition) is 1. The molecule has 8 heteroatoms. The summed E-state index contributed by atoms with van der Waals surface area (Å²) in [6.07, 6.45) is 0. The second-order valence-electron chi connectivity index (χ2n) is 5.55. The van der Waals surface area contributed by atoms with E-state index < -0.39 is 17.5 Å². The number of hydrogen-bond acceptors (Lipinski definition) is 5. The number of benzene rings is 2. The van der Waals surface area contributed by atoms with E-state index in [0.29, 0.717) is 22.9 Å². The van der Waals surface area contributed by atoms with Crippen LogP contribution in [0.15, 0.2) is 36.4 Å². The molecule has 1 aromatic heterocycles. The van der Waals surface area contributed by atoms with Crippen molar-refractivity contribution in [3.05, 3.63) is 58.6 Å². The summed E-state index contributed by atoms with van der Waals surface area (Å²) in [6, 6.07) is 8.52. The van der Waals surface area contributed by atoms with Gasteiger partial charge in [-0.1, -0.05) is 6.07 Å². The summed E-state index contributed by atoms with van der Waals surface area (Å²) in [5.74, 6) is -0.890. The Hall–Kier alpha value is -3.00. The van der Waals surface area contributed by atoms with E-state index in [9.17, 15) is 13.6 Å². The molecule has 1 amide bonds. The number of carbonyl (C=O) groups excluding carboxylic acids is 1. The average molecular weight is 390 g/mol. The fraction of sp³-hybridized carbons (Fsp3) is 0.158. The van der Waals surface area contributed by atoms with Gasteiger partial charge in [0.25, 0.3) is 5.91 Å². The van der Waals surface area contributed by atoms with Crippen molar-refractivity contribution >= 4 is 22.9 Å². The highest BCUT2D eigenvalue weighted by Crippen LogP contribution is 2.33. The molecule has 0 saturated carbocycles. The molecule has 0 aliphatic heterocycles. The third-order valence-electron chi connectivity index (χ3n) is 3.82. The summed E-state index contributed by atoms with van der Waals surface area (Å²) in [7, 11) is 3.01. The van der Waals surface area contributed by atoms with Crippen LogP contribution in [0.25, 0.3) is 10.6 Å². The molecule has 0 atom stereocenters. The SMILES string of the molecule is COc1ccc(NC(=O)c2sc(-c3c(F)cccc3F)nc2C)cc1OC. The number of halogens is 2. The molecule has 3 aromatic rings. The summed E-state index contributed by atoms with van der Waals surface area (Å²) in [4.78, 5) is 17.0. The van der Waals surface area contributed by atoms with Crippen LogP contribution in [0.1, 0.15) is 15.4 Å². The molecule has 1 N–H and O–H groups in total. The zero-order chi connectivity index (χ0) is 19.6. The predicted molar refractivity (Wildman–Crippen MR) is 99.7 cm³/mol. The van der Waals surface area contributed by atoms with E-state index in [4.69, 9.17) is 9.47 Å². The van der Waals surface area contributed by atoms with Crippen LogP contribution >= 0.6 is 11.3 Å². The van der Waals surface area contributed by atoms with Gasteiger partial charge in [-0.25, -0.2) is 13.8 Å². The molecule has 0 unspecified atom stereocenters. The maximum Gasteiger partial charge on any atom is 0.267 e. The van der Waals surface area contributed by atoms with Crippen LogP contribution in [0.3, 0.4) is 0 Å². The van der Waals surface area contributed by atoms with Gasteiger partial charge in [-0.05, 0) is 31.2 Å². The fourth-order valence-corrected chi connectivity index (χ4v) is 3.53. The lowest BCUT2D eigenvalue weighted by molar-refractivity contribution is 0.103. The lowest BCUT2D eigenvalue weighted by Crippen LogP contribution is -2.11. The molecule has 0 spiro atoms. The van der Waals surface area contributed by atoms with Gasteiger partial charge in [0.1, 0.15) is 21.5 Å². The first-order chi connectivity index (χ1) is 12.9. The van der Waals surface area contributed by atoms with Crippen LogP contribution in [0.5, 0.6) is 11.5 Å². The molecule has 2 aromatic carbocycles. The van der Waals surface area contributed by atoms with Crippen LogP contribution in [-0.4, -0.2) is 25.1 Å². The number of carbonyl (C=O) groups is 1. The maximum absolute atomic E-state index is 14.0. The minimum absolute atomic E-state index is 0.112. The molecule has 0 radical (unpaired) electrons. The number of aromatic nitrogens is 1. The van der Waals surface area contributed by atoms with Gasteiger partial charge in [0.2, 0.25) is 0 Å². The highest BCUT2D eigenvalue weighted by Gasteiger charge is 2.21. The zero-order valence-electron chi connectivity index (χ0n) is 14.8. The van der Waals surface area contributed by atoms with Crippen molar-refractivity contribution < 1.29 is 23.0 Å². The Balaban J connectivity index is 1.89. The first kappa shape index (κ1) is 18.8. The van der Waals surface area contributed by atoms with Gasteiger partial charge in [-0.3, -0.25) is 4.79 Å². The average Bonchev–Trinajstić information content (AvgIpc) is 3.02. The van der Waals surface area contributed by atoms with Gasteiger partial charge in [-0.15, -0.1) is 11.3 Å². The van der Waals surface area contributed by atoms with Gasteiger partial charge in [-0.2, -0.15) is 0 Å². The van der Waals surface area contributed by atoms with E-state index in [0.717, 1.165) is 23.5 Å². The van der Waals surface area contributed by atoms with Crippen molar-refractivity contribution in [3.8, 4) is 22.1 Å². The zero-order valence-corrected chi connectivity index (χ0v) is 15.6. The molecule has 0 aliphatic rings. The number of nitrogens with zero attached hydrogens (tertiary/aromatic N) is 1. The molecule has 0 saturated heterocycles. The number of anilines is 1. The molecule has 140 valence electrons. The van der Waals surface area contributed by atoms with Crippen molar-refractivity contribution in [2.24, 2.45) is 0 Å². The Morgan fingerprint density at radius 2 is 1.74 bits per heavy atom. The molecular formula is C19H16F2N2O3S. The third-order valence-corrected chi connectivity index (χ3v) is 4.99. The lowest BCUT2D eigenvalue weighted by Gasteiger charge is -2.10. The molecule has 0 bridgehead atoms. The minimum atomic E-state index is -0.726. The summed E-state index contributed by atoms with van der Waals surface area (Å²) < 4.78 is 38.3. The monoisotopic (exact) mass is 390 g/mol. The molecular weight excluding hydrogens is 374 g/mol. The van der Waals surface area contributed by atoms with Crippen molar-refractivity contribution in [1.29, 1.82) is 0 Å². The molecule has 5 nitrogen and oxygen atoms in total. The molecule has 0 fully saturated rings. The highest BCUT2D eigenvalue weighted by molar-refractivity contribution is 7.17. The highest BCUT2D eigenvalue weighted by atomic mass is 32.1. The number of amides is 1. The Labute approximate surface area is 158 Å². The van der Waals surface area contributed by atoms with Gasteiger partial charge >= 0.3 is 0 Å². The van der Waals surface area contributed by atoms with Crippen molar-refractivity contribution in [3.63, 3.8) is 0 Å². The van der Waals surface area contributed by atoms with Crippen molar-refractivity contribution in [2.75, 3.05) is 19.5 Å². The van der Waals surface area contributed by atoms with E-state index >= 15 is 0 Å². The van der Waals surface area contributed by atoms with Crippen molar-refractivity contribution in [1.82, 2.24) is 4.98 Å². The van der Waals surface area contributed by atoms with Crippen molar-refractivity contribution in [2.45, 2.75) is 6.92 Å². The summed E-state index contributed by atoms with van der Waals surface area (Å²) >= 11 is 0.927. The normalized spacial score (nSPS) is 10.6. The smallest absolute Gasteiger partial charge is 0.267 e. The minimum Gasteiger partial charge on any atom is -0.493 e. The number of nitrogens with one attached hydrogen (secondary N) is 1. The first-order valence-electron chi connectivity index (χ1n) is 7.89.